The number of aromatic nitrogens is 3. The van der Waals surface area contributed by atoms with Gasteiger partial charge in [-0.25, -0.2) is 4.98 Å². The first kappa shape index (κ1) is 18.7. The Hall–Kier alpha value is -0.660. The number of nitrogens with zero attached hydrogens (tertiary/aromatic N) is 3. The van der Waals surface area contributed by atoms with Crippen molar-refractivity contribution in [1.29, 1.82) is 0 Å². The summed E-state index contributed by atoms with van der Waals surface area (Å²) in [5.74, 6) is -0.262. The smallest absolute Gasteiger partial charge is 0.277 e. The minimum absolute atomic E-state index is 0.00168. The summed E-state index contributed by atoms with van der Waals surface area (Å²) in [6, 6.07) is 0. The van der Waals surface area contributed by atoms with Gasteiger partial charge in [0, 0.05) is 5.92 Å². The third-order valence-electron chi connectivity index (χ3n) is 3.20. The lowest BCUT2D eigenvalue weighted by Gasteiger charge is -2.07. The Labute approximate surface area is 157 Å². The highest BCUT2D eigenvalue weighted by Crippen LogP contribution is 2.36. The number of hydrogen-bond acceptors (Lipinski definition) is 5. The standard InChI is InChI=1S/C13H12Cl4N4OS/c1-3-5(4-2)12-20-21-13(23-12)19-11(22)9-7(15)6(14)8(16)10(17)18-9/h5H,3-4H2,1-2H3,(H,19,21,22). The van der Waals surface area contributed by atoms with Crippen LogP contribution in [0.5, 0.6) is 0 Å². The van der Waals surface area contributed by atoms with Crippen molar-refractivity contribution in [1.82, 2.24) is 15.2 Å². The van der Waals surface area contributed by atoms with E-state index in [4.69, 9.17) is 46.4 Å². The van der Waals surface area contributed by atoms with Crippen LogP contribution in [0.3, 0.4) is 0 Å². The number of halogens is 4. The van der Waals surface area contributed by atoms with Gasteiger partial charge in [-0.2, -0.15) is 0 Å². The van der Waals surface area contributed by atoms with E-state index < -0.39 is 5.91 Å². The number of hydrogen-bond donors (Lipinski definition) is 1. The molecule has 0 aliphatic carbocycles. The van der Waals surface area contributed by atoms with Crippen molar-refractivity contribution >= 4 is 68.8 Å². The van der Waals surface area contributed by atoms with Gasteiger partial charge in [-0.15, -0.1) is 10.2 Å². The van der Waals surface area contributed by atoms with Crippen molar-refractivity contribution in [2.24, 2.45) is 0 Å². The number of carbonyl (C=O) groups is 1. The summed E-state index contributed by atoms with van der Waals surface area (Å²) in [5, 5.41) is 11.7. The summed E-state index contributed by atoms with van der Waals surface area (Å²) < 4.78 is 0. The summed E-state index contributed by atoms with van der Waals surface area (Å²) >= 11 is 24.9. The molecule has 5 nitrogen and oxygen atoms in total. The molecule has 0 bridgehead atoms. The van der Waals surface area contributed by atoms with Gasteiger partial charge in [-0.3, -0.25) is 10.1 Å². The molecule has 124 valence electrons. The lowest BCUT2D eigenvalue weighted by atomic mass is 10.1. The third-order valence-corrected chi connectivity index (χ3v) is 5.87. The normalized spacial score (nSPS) is 11.1. The molecule has 0 fully saturated rings. The Kier molecular flexibility index (Phi) is 6.45. The van der Waals surface area contributed by atoms with E-state index in [0.29, 0.717) is 11.0 Å². The van der Waals surface area contributed by atoms with Crippen molar-refractivity contribution in [3.8, 4) is 0 Å². The number of pyridine rings is 1. The highest BCUT2D eigenvalue weighted by Gasteiger charge is 2.22. The molecular weight excluding hydrogens is 402 g/mol. The van der Waals surface area contributed by atoms with E-state index in [9.17, 15) is 4.79 Å². The highest BCUT2D eigenvalue weighted by atomic mass is 35.5. The maximum absolute atomic E-state index is 12.3. The van der Waals surface area contributed by atoms with Crippen LogP contribution >= 0.6 is 57.7 Å². The number of carbonyl (C=O) groups excluding carboxylic acids is 1. The molecule has 0 spiro atoms. The molecule has 0 aliphatic rings. The maximum Gasteiger partial charge on any atom is 0.277 e. The monoisotopic (exact) mass is 412 g/mol. The fourth-order valence-corrected chi connectivity index (χ4v) is 3.70. The molecule has 0 radical (unpaired) electrons. The van der Waals surface area contributed by atoms with Crippen LogP contribution in [-0.2, 0) is 0 Å². The molecule has 0 saturated heterocycles. The summed E-state index contributed by atoms with van der Waals surface area (Å²) in [4.78, 5) is 16.2. The molecule has 1 amide bonds. The zero-order valence-corrected chi connectivity index (χ0v) is 16.0. The maximum atomic E-state index is 12.3. The van der Waals surface area contributed by atoms with Gasteiger partial charge in [0.05, 0.1) is 15.1 Å². The molecule has 10 heteroatoms. The SMILES string of the molecule is CCC(CC)c1nnc(NC(=O)c2nc(Cl)c(Cl)c(Cl)c2Cl)s1. The first-order chi connectivity index (χ1) is 10.9. The Morgan fingerprint density at radius 3 is 2.35 bits per heavy atom. The molecule has 0 aromatic carbocycles. The summed E-state index contributed by atoms with van der Waals surface area (Å²) in [6.07, 6.45) is 1.91. The molecule has 1 N–H and O–H groups in total. The largest absolute Gasteiger partial charge is 0.295 e. The molecule has 0 atom stereocenters. The predicted octanol–water partition coefficient (Wildman–Crippen LogP) is 5.70. The van der Waals surface area contributed by atoms with E-state index in [-0.39, 0.29) is 25.9 Å². The average molecular weight is 414 g/mol. The molecule has 2 rings (SSSR count). The molecule has 0 unspecified atom stereocenters. The zero-order valence-electron chi connectivity index (χ0n) is 12.2. The fraction of sp³-hybridized carbons (Fsp3) is 0.385. The van der Waals surface area contributed by atoms with Crippen LogP contribution < -0.4 is 5.32 Å². The summed E-state index contributed by atoms with van der Waals surface area (Å²) in [5.41, 5.74) is -0.120. The Bertz CT molecular complexity index is 733. The zero-order chi connectivity index (χ0) is 17.1. The number of rotatable bonds is 5. The summed E-state index contributed by atoms with van der Waals surface area (Å²) in [7, 11) is 0. The van der Waals surface area contributed by atoms with Crippen LogP contribution in [0.4, 0.5) is 5.13 Å². The molecule has 0 aliphatic heterocycles. The molecule has 23 heavy (non-hydrogen) atoms. The van der Waals surface area contributed by atoms with Crippen molar-refractivity contribution in [3.05, 3.63) is 30.9 Å². The van der Waals surface area contributed by atoms with Crippen LogP contribution in [0.1, 0.15) is 48.1 Å². The lowest BCUT2D eigenvalue weighted by Crippen LogP contribution is -2.14. The van der Waals surface area contributed by atoms with Crippen molar-refractivity contribution < 1.29 is 4.79 Å². The van der Waals surface area contributed by atoms with E-state index in [2.05, 4.69) is 34.3 Å². The van der Waals surface area contributed by atoms with Gasteiger partial charge in [0.2, 0.25) is 5.13 Å². The lowest BCUT2D eigenvalue weighted by molar-refractivity contribution is 0.102. The molecule has 0 saturated carbocycles. The fourth-order valence-electron chi connectivity index (χ4n) is 1.88. The molecule has 2 aromatic rings. The summed E-state index contributed by atoms with van der Waals surface area (Å²) in [6.45, 7) is 4.16. The van der Waals surface area contributed by atoms with Crippen molar-refractivity contribution in [3.63, 3.8) is 0 Å². The Morgan fingerprint density at radius 1 is 1.09 bits per heavy atom. The van der Waals surface area contributed by atoms with E-state index >= 15 is 0 Å². The van der Waals surface area contributed by atoms with Crippen molar-refractivity contribution in [2.45, 2.75) is 32.6 Å². The van der Waals surface area contributed by atoms with Crippen LogP contribution in [0.2, 0.25) is 20.2 Å². The number of nitrogens with one attached hydrogen (secondary N) is 1. The van der Waals surface area contributed by atoms with E-state index in [1.807, 2.05) is 0 Å². The van der Waals surface area contributed by atoms with Crippen LogP contribution in [0.25, 0.3) is 0 Å². The van der Waals surface area contributed by atoms with Crippen molar-refractivity contribution in [2.75, 3.05) is 5.32 Å². The van der Waals surface area contributed by atoms with E-state index in [1.165, 1.54) is 11.3 Å². The molecule has 2 aromatic heterocycles. The first-order valence-corrected chi connectivity index (χ1v) is 9.06. The van der Waals surface area contributed by atoms with Crippen LogP contribution in [0.15, 0.2) is 0 Å². The highest BCUT2D eigenvalue weighted by molar-refractivity contribution is 7.15. The van der Waals surface area contributed by atoms with Gasteiger partial charge < -0.3 is 0 Å². The quantitative estimate of drug-likeness (QED) is 0.638. The second-order valence-corrected chi connectivity index (χ2v) is 7.11. The van der Waals surface area contributed by atoms with Gasteiger partial charge in [0.1, 0.15) is 10.2 Å². The topological polar surface area (TPSA) is 67.8 Å². The number of amides is 1. The van der Waals surface area contributed by atoms with Crippen LogP contribution in [0, 0.1) is 0 Å². The van der Waals surface area contributed by atoms with Gasteiger partial charge in [-0.05, 0) is 12.8 Å². The Morgan fingerprint density at radius 2 is 1.74 bits per heavy atom. The van der Waals surface area contributed by atoms with Crippen LogP contribution in [-0.4, -0.2) is 21.1 Å². The number of anilines is 1. The Balaban J connectivity index is 2.23. The third kappa shape index (κ3) is 4.06. The molecular formula is C13H12Cl4N4OS. The van der Waals surface area contributed by atoms with E-state index in [0.717, 1.165) is 17.8 Å². The average Bonchev–Trinajstić information content (AvgIpc) is 2.98. The molecule has 2 heterocycles. The van der Waals surface area contributed by atoms with Gasteiger partial charge in [-0.1, -0.05) is 71.6 Å². The second kappa shape index (κ2) is 7.94. The second-order valence-electron chi connectivity index (χ2n) is 4.61. The van der Waals surface area contributed by atoms with E-state index in [1.54, 1.807) is 0 Å². The van der Waals surface area contributed by atoms with Gasteiger partial charge in [0.15, 0.2) is 5.69 Å². The first-order valence-electron chi connectivity index (χ1n) is 6.73. The minimum Gasteiger partial charge on any atom is -0.295 e. The predicted molar refractivity (Wildman–Crippen MR) is 95.5 cm³/mol. The minimum atomic E-state index is -0.581. The van der Waals surface area contributed by atoms with Gasteiger partial charge in [0.25, 0.3) is 5.91 Å². The van der Waals surface area contributed by atoms with Gasteiger partial charge >= 0.3 is 0 Å².